The molecule has 140 valence electrons. The molecule has 2 aromatic rings. The number of benzene rings is 2. The van der Waals surface area contributed by atoms with Gasteiger partial charge in [0, 0.05) is 5.69 Å². The Morgan fingerprint density at radius 2 is 1.77 bits per heavy atom. The van der Waals surface area contributed by atoms with E-state index in [1.165, 1.54) is 4.31 Å². The molecule has 1 amide bonds. The Hall–Kier alpha value is -2.34. The van der Waals surface area contributed by atoms with Gasteiger partial charge in [-0.05, 0) is 62.1 Å². The first-order chi connectivity index (χ1) is 12.1. The fourth-order valence-electron chi connectivity index (χ4n) is 2.93. The van der Waals surface area contributed by atoms with Crippen molar-refractivity contribution in [3.63, 3.8) is 0 Å². The Balaban J connectivity index is 2.42. The third-order valence-corrected chi connectivity index (χ3v) is 5.63. The molecule has 0 bridgehead atoms. The van der Waals surface area contributed by atoms with Gasteiger partial charge in [0.2, 0.25) is 15.9 Å². The van der Waals surface area contributed by atoms with E-state index in [1.54, 1.807) is 25.1 Å². The predicted molar refractivity (Wildman–Crippen MR) is 107 cm³/mol. The lowest BCUT2D eigenvalue weighted by Gasteiger charge is -2.30. The molecule has 2 rings (SSSR count). The van der Waals surface area contributed by atoms with Gasteiger partial charge in [-0.1, -0.05) is 31.2 Å². The zero-order chi connectivity index (χ0) is 19.5. The second kappa shape index (κ2) is 7.91. The molecule has 0 saturated carbocycles. The van der Waals surface area contributed by atoms with Crippen molar-refractivity contribution in [3.05, 3.63) is 59.2 Å². The Morgan fingerprint density at radius 1 is 1.12 bits per heavy atom. The number of anilines is 2. The van der Waals surface area contributed by atoms with Crippen molar-refractivity contribution >= 4 is 27.3 Å². The first kappa shape index (κ1) is 20.0. The number of carbonyl (C=O) groups is 1. The zero-order valence-electron chi connectivity index (χ0n) is 15.9. The van der Waals surface area contributed by atoms with Gasteiger partial charge in [0.15, 0.2) is 0 Å². The minimum Gasteiger partial charge on any atom is -0.324 e. The fourth-order valence-corrected chi connectivity index (χ4v) is 4.13. The minimum absolute atomic E-state index is 0.340. The molecule has 0 aromatic heterocycles. The molecule has 5 nitrogen and oxygen atoms in total. The van der Waals surface area contributed by atoms with Gasteiger partial charge in [0.25, 0.3) is 0 Å². The summed E-state index contributed by atoms with van der Waals surface area (Å²) >= 11 is 0. The summed E-state index contributed by atoms with van der Waals surface area (Å²) in [4.78, 5) is 12.9. The van der Waals surface area contributed by atoms with E-state index in [4.69, 9.17) is 0 Å². The summed E-state index contributed by atoms with van der Waals surface area (Å²) in [6.45, 7) is 7.60. The van der Waals surface area contributed by atoms with Gasteiger partial charge in [-0.2, -0.15) is 0 Å². The van der Waals surface area contributed by atoms with Crippen LogP contribution in [0.5, 0.6) is 0 Å². The number of sulfonamides is 1. The third kappa shape index (κ3) is 4.43. The van der Waals surface area contributed by atoms with E-state index in [2.05, 4.69) is 5.32 Å². The SMILES string of the molecule is CC[C@@H](C(=O)Nc1cccc(C)c1C)N(c1cccc(C)c1)S(C)(=O)=O. The largest absolute Gasteiger partial charge is 0.324 e. The van der Waals surface area contributed by atoms with Crippen molar-refractivity contribution in [3.8, 4) is 0 Å². The Bertz CT molecular complexity index is 907. The van der Waals surface area contributed by atoms with Crippen LogP contribution >= 0.6 is 0 Å². The van der Waals surface area contributed by atoms with Crippen LogP contribution in [0.15, 0.2) is 42.5 Å². The molecule has 0 fully saturated rings. The predicted octanol–water partition coefficient (Wildman–Crippen LogP) is 3.80. The summed E-state index contributed by atoms with van der Waals surface area (Å²) in [6, 6.07) is 12.0. The number of carbonyl (C=O) groups excluding carboxylic acids is 1. The molecule has 6 heteroatoms. The first-order valence-electron chi connectivity index (χ1n) is 8.58. The highest BCUT2D eigenvalue weighted by atomic mass is 32.2. The van der Waals surface area contributed by atoms with Crippen molar-refractivity contribution in [1.29, 1.82) is 0 Å². The van der Waals surface area contributed by atoms with Crippen molar-refractivity contribution in [2.24, 2.45) is 0 Å². The lowest BCUT2D eigenvalue weighted by Crippen LogP contribution is -2.47. The van der Waals surface area contributed by atoms with Crippen LogP contribution < -0.4 is 9.62 Å². The highest BCUT2D eigenvalue weighted by Crippen LogP contribution is 2.25. The number of hydrogen-bond donors (Lipinski definition) is 1. The molecule has 0 aliphatic carbocycles. The van der Waals surface area contributed by atoms with Gasteiger partial charge in [-0.25, -0.2) is 8.42 Å². The van der Waals surface area contributed by atoms with Gasteiger partial charge < -0.3 is 5.32 Å². The van der Waals surface area contributed by atoms with E-state index in [9.17, 15) is 13.2 Å². The first-order valence-corrected chi connectivity index (χ1v) is 10.4. The molecule has 1 atom stereocenters. The Morgan fingerprint density at radius 3 is 2.35 bits per heavy atom. The highest BCUT2D eigenvalue weighted by molar-refractivity contribution is 7.92. The number of nitrogens with zero attached hydrogens (tertiary/aromatic N) is 1. The number of nitrogens with one attached hydrogen (secondary N) is 1. The number of amides is 1. The van der Waals surface area contributed by atoms with E-state index in [0.717, 1.165) is 22.9 Å². The van der Waals surface area contributed by atoms with E-state index in [1.807, 2.05) is 45.0 Å². The van der Waals surface area contributed by atoms with Gasteiger partial charge in [0.05, 0.1) is 11.9 Å². The zero-order valence-corrected chi connectivity index (χ0v) is 16.7. The fraction of sp³-hybridized carbons (Fsp3) is 0.350. The summed E-state index contributed by atoms with van der Waals surface area (Å²) in [5.41, 5.74) is 4.16. The summed E-state index contributed by atoms with van der Waals surface area (Å²) in [5.74, 6) is -0.340. The molecule has 1 N–H and O–H groups in total. The van der Waals surface area contributed by atoms with Gasteiger partial charge in [0.1, 0.15) is 6.04 Å². The average molecular weight is 375 g/mol. The van der Waals surface area contributed by atoms with Crippen LogP contribution in [0.4, 0.5) is 11.4 Å². The average Bonchev–Trinajstić information content (AvgIpc) is 2.55. The third-order valence-electron chi connectivity index (χ3n) is 4.45. The molecular weight excluding hydrogens is 348 g/mol. The quantitative estimate of drug-likeness (QED) is 0.836. The monoisotopic (exact) mass is 374 g/mol. The normalized spacial score (nSPS) is 12.5. The minimum atomic E-state index is -3.63. The summed E-state index contributed by atoms with van der Waals surface area (Å²) < 4.78 is 26.1. The van der Waals surface area contributed by atoms with Crippen LogP contribution in [0.25, 0.3) is 0 Å². The summed E-state index contributed by atoms with van der Waals surface area (Å²) in [5, 5.41) is 2.89. The van der Waals surface area contributed by atoms with Crippen molar-refractivity contribution in [2.75, 3.05) is 15.9 Å². The molecule has 2 aromatic carbocycles. The van der Waals surface area contributed by atoms with E-state index in [0.29, 0.717) is 17.8 Å². The van der Waals surface area contributed by atoms with Crippen LogP contribution in [0.3, 0.4) is 0 Å². The molecule has 0 unspecified atom stereocenters. The molecule has 0 aliphatic rings. The lowest BCUT2D eigenvalue weighted by atomic mass is 10.1. The number of aryl methyl sites for hydroxylation is 2. The van der Waals surface area contributed by atoms with Crippen LogP contribution in [0.2, 0.25) is 0 Å². The lowest BCUT2D eigenvalue weighted by molar-refractivity contribution is -0.117. The van der Waals surface area contributed by atoms with Crippen molar-refractivity contribution in [2.45, 2.75) is 40.2 Å². The molecule has 0 radical (unpaired) electrons. The molecule has 0 spiro atoms. The van der Waals surface area contributed by atoms with E-state index in [-0.39, 0.29) is 5.91 Å². The maximum Gasteiger partial charge on any atom is 0.248 e. The standard InChI is InChI=1S/C20H26N2O3S/c1-6-19(20(23)21-18-12-8-10-15(3)16(18)4)22(26(5,24)25)17-11-7-9-14(2)13-17/h7-13,19H,6H2,1-5H3,(H,21,23)/t19-/m0/s1. The van der Waals surface area contributed by atoms with E-state index < -0.39 is 16.1 Å². The van der Waals surface area contributed by atoms with Crippen LogP contribution in [0.1, 0.15) is 30.0 Å². The van der Waals surface area contributed by atoms with Crippen molar-refractivity contribution < 1.29 is 13.2 Å². The second-order valence-corrected chi connectivity index (χ2v) is 8.42. The van der Waals surface area contributed by atoms with Crippen LogP contribution in [-0.2, 0) is 14.8 Å². The van der Waals surface area contributed by atoms with E-state index >= 15 is 0 Å². The summed E-state index contributed by atoms with van der Waals surface area (Å²) in [6.07, 6.45) is 1.49. The number of rotatable bonds is 6. The highest BCUT2D eigenvalue weighted by Gasteiger charge is 2.31. The number of hydrogen-bond acceptors (Lipinski definition) is 3. The Kier molecular flexibility index (Phi) is 6.08. The molecule has 0 saturated heterocycles. The molecule has 0 aliphatic heterocycles. The molecule has 0 heterocycles. The van der Waals surface area contributed by atoms with Gasteiger partial charge >= 0.3 is 0 Å². The van der Waals surface area contributed by atoms with Crippen LogP contribution in [0, 0.1) is 20.8 Å². The van der Waals surface area contributed by atoms with Crippen LogP contribution in [-0.4, -0.2) is 26.6 Å². The summed E-state index contributed by atoms with van der Waals surface area (Å²) in [7, 11) is -3.63. The van der Waals surface area contributed by atoms with Crippen molar-refractivity contribution in [1.82, 2.24) is 0 Å². The van der Waals surface area contributed by atoms with Gasteiger partial charge in [-0.15, -0.1) is 0 Å². The second-order valence-electron chi connectivity index (χ2n) is 6.56. The molecular formula is C20H26N2O3S. The maximum atomic E-state index is 12.9. The maximum absolute atomic E-state index is 12.9. The topological polar surface area (TPSA) is 66.5 Å². The Labute approximate surface area is 156 Å². The van der Waals surface area contributed by atoms with Gasteiger partial charge in [-0.3, -0.25) is 9.10 Å². The molecule has 26 heavy (non-hydrogen) atoms. The smallest absolute Gasteiger partial charge is 0.248 e.